The van der Waals surface area contributed by atoms with Crippen LogP contribution in [-0.2, 0) is 0 Å². The summed E-state index contributed by atoms with van der Waals surface area (Å²) in [7, 11) is 0. The summed E-state index contributed by atoms with van der Waals surface area (Å²) in [5.74, 6) is 5.67. The maximum atomic E-state index is 12.2. The number of ether oxygens (including phenoxy) is 3. The van der Waals surface area contributed by atoms with Crippen molar-refractivity contribution in [3.8, 4) is 17.2 Å². The lowest BCUT2D eigenvalue weighted by Crippen LogP contribution is -2.11. The molecule has 1 rings (SSSR count). The van der Waals surface area contributed by atoms with Crippen LogP contribution < -0.4 is 14.2 Å². The standard InChI is InChI=1S/C37H65ClO4/c1-27(2)13-10-16-30(7)19-22-40-34-25-33(37(38)39)26-35(41-23-20-31(8)17-11-14-28(3)4)36(34)42-24-21-32(9)18-12-15-29(5)6/h25-32H,10-24H2,1-9H3/t30-,31-,32-/m0/s1. The zero-order valence-corrected chi connectivity index (χ0v) is 29.5. The molecule has 42 heavy (non-hydrogen) atoms. The summed E-state index contributed by atoms with van der Waals surface area (Å²) in [4.78, 5) is 12.2. The molecular weight excluding hydrogens is 544 g/mol. The SMILES string of the molecule is CC(C)CCC[C@H](C)CCOc1cc(C(=O)Cl)cc(OCC[C@@H](C)CCCC(C)C)c1OCC[C@@H](C)CCCC(C)C. The van der Waals surface area contributed by atoms with Crippen molar-refractivity contribution in [3.05, 3.63) is 17.7 Å². The average Bonchev–Trinajstić information content (AvgIpc) is 2.89. The van der Waals surface area contributed by atoms with Crippen molar-refractivity contribution < 1.29 is 19.0 Å². The van der Waals surface area contributed by atoms with Crippen LogP contribution in [0.25, 0.3) is 0 Å². The molecular formula is C37H65ClO4. The third kappa shape index (κ3) is 18.3. The summed E-state index contributed by atoms with van der Waals surface area (Å²) < 4.78 is 19.0. The van der Waals surface area contributed by atoms with Crippen molar-refractivity contribution in [1.82, 2.24) is 0 Å². The zero-order chi connectivity index (χ0) is 31.5. The second-order valence-electron chi connectivity index (χ2n) is 14.3. The lowest BCUT2D eigenvalue weighted by atomic mass is 9.97. The van der Waals surface area contributed by atoms with Crippen molar-refractivity contribution in [1.29, 1.82) is 0 Å². The fourth-order valence-electron chi connectivity index (χ4n) is 5.21. The van der Waals surface area contributed by atoms with Gasteiger partial charge in [-0.25, -0.2) is 0 Å². The van der Waals surface area contributed by atoms with Crippen molar-refractivity contribution >= 4 is 16.8 Å². The van der Waals surface area contributed by atoms with Crippen LogP contribution in [0.4, 0.5) is 0 Å². The summed E-state index contributed by atoms with van der Waals surface area (Å²) >= 11 is 5.96. The van der Waals surface area contributed by atoms with Crippen molar-refractivity contribution in [2.75, 3.05) is 19.8 Å². The minimum Gasteiger partial charge on any atom is -0.490 e. The van der Waals surface area contributed by atoms with E-state index in [1.807, 2.05) is 0 Å². The van der Waals surface area contributed by atoms with Crippen LogP contribution in [0.5, 0.6) is 17.2 Å². The van der Waals surface area contributed by atoms with Gasteiger partial charge in [-0.3, -0.25) is 4.79 Å². The number of halogens is 1. The number of hydrogen-bond donors (Lipinski definition) is 0. The summed E-state index contributed by atoms with van der Waals surface area (Å²) in [6.07, 6.45) is 14.0. The summed E-state index contributed by atoms with van der Waals surface area (Å²) in [5.41, 5.74) is 0.381. The maximum absolute atomic E-state index is 12.2. The average molecular weight is 609 g/mol. The van der Waals surface area contributed by atoms with E-state index >= 15 is 0 Å². The lowest BCUT2D eigenvalue weighted by molar-refractivity contribution is 0.108. The van der Waals surface area contributed by atoms with Gasteiger partial charge in [0.15, 0.2) is 11.5 Å². The predicted octanol–water partition coefficient (Wildman–Crippen LogP) is 11.8. The molecule has 0 bridgehead atoms. The van der Waals surface area contributed by atoms with E-state index in [4.69, 9.17) is 25.8 Å². The summed E-state index contributed by atoms with van der Waals surface area (Å²) in [6.45, 7) is 22.3. The first-order chi connectivity index (χ1) is 19.9. The van der Waals surface area contributed by atoms with E-state index in [1.165, 1.54) is 57.8 Å². The van der Waals surface area contributed by atoms with E-state index < -0.39 is 5.24 Å². The molecule has 0 fully saturated rings. The Bertz CT molecular complexity index is 803. The summed E-state index contributed by atoms with van der Waals surface area (Å²) in [6, 6.07) is 3.45. The Morgan fingerprint density at radius 3 is 1.19 bits per heavy atom. The van der Waals surface area contributed by atoms with Crippen LogP contribution in [0, 0.1) is 35.5 Å². The van der Waals surface area contributed by atoms with Crippen molar-refractivity contribution in [2.24, 2.45) is 35.5 Å². The molecule has 244 valence electrons. The van der Waals surface area contributed by atoms with E-state index in [1.54, 1.807) is 12.1 Å². The maximum Gasteiger partial charge on any atom is 0.252 e. The number of benzene rings is 1. The minimum absolute atomic E-state index is 0.381. The van der Waals surface area contributed by atoms with Gasteiger partial charge in [0.25, 0.3) is 5.24 Å². The lowest BCUT2D eigenvalue weighted by Gasteiger charge is -2.20. The molecule has 0 aliphatic carbocycles. The number of carbonyl (C=O) groups excluding carboxylic acids is 1. The highest BCUT2D eigenvalue weighted by Crippen LogP contribution is 2.40. The van der Waals surface area contributed by atoms with Gasteiger partial charge in [0.2, 0.25) is 5.75 Å². The highest BCUT2D eigenvalue weighted by atomic mass is 35.5. The van der Waals surface area contributed by atoms with E-state index in [-0.39, 0.29) is 0 Å². The fraction of sp³-hybridized carbons (Fsp3) is 0.811. The Morgan fingerprint density at radius 2 is 0.881 bits per heavy atom. The van der Waals surface area contributed by atoms with Gasteiger partial charge in [-0.2, -0.15) is 0 Å². The van der Waals surface area contributed by atoms with Gasteiger partial charge in [0, 0.05) is 5.56 Å². The Balaban J connectivity index is 2.96. The van der Waals surface area contributed by atoms with Gasteiger partial charge < -0.3 is 14.2 Å². The largest absolute Gasteiger partial charge is 0.490 e. The molecule has 0 radical (unpaired) electrons. The first kappa shape index (κ1) is 38.6. The smallest absolute Gasteiger partial charge is 0.252 e. The van der Waals surface area contributed by atoms with Gasteiger partial charge >= 0.3 is 0 Å². The Labute approximate surface area is 265 Å². The molecule has 1 aromatic rings. The number of carbonyl (C=O) groups is 1. The third-order valence-corrected chi connectivity index (χ3v) is 8.49. The van der Waals surface area contributed by atoms with Crippen LogP contribution in [-0.4, -0.2) is 25.1 Å². The second kappa shape index (κ2) is 22.1. The van der Waals surface area contributed by atoms with Gasteiger partial charge in [0.05, 0.1) is 19.8 Å². The normalized spacial score (nSPS) is 13.9. The molecule has 0 saturated carbocycles. The van der Waals surface area contributed by atoms with Crippen LogP contribution in [0.1, 0.15) is 150 Å². The van der Waals surface area contributed by atoms with E-state index in [0.717, 1.165) is 37.0 Å². The van der Waals surface area contributed by atoms with E-state index in [2.05, 4.69) is 62.3 Å². The molecule has 3 atom stereocenters. The third-order valence-electron chi connectivity index (χ3n) is 8.28. The number of hydrogen-bond acceptors (Lipinski definition) is 4. The molecule has 0 aliphatic heterocycles. The highest BCUT2D eigenvalue weighted by Gasteiger charge is 2.19. The Kier molecular flexibility index (Phi) is 20.4. The van der Waals surface area contributed by atoms with Gasteiger partial charge in [-0.05, 0) is 78.5 Å². The monoisotopic (exact) mass is 608 g/mol. The molecule has 0 amide bonds. The Hall–Kier alpha value is -1.42. The van der Waals surface area contributed by atoms with Crippen molar-refractivity contribution in [2.45, 2.75) is 139 Å². The molecule has 0 N–H and O–H groups in total. The first-order valence-corrected chi connectivity index (χ1v) is 17.5. The fourth-order valence-corrected chi connectivity index (χ4v) is 5.31. The quantitative estimate of drug-likeness (QED) is 0.104. The van der Waals surface area contributed by atoms with Gasteiger partial charge in [-0.1, -0.05) is 120 Å². The molecule has 0 unspecified atom stereocenters. The van der Waals surface area contributed by atoms with E-state index in [9.17, 15) is 4.79 Å². The van der Waals surface area contributed by atoms with Crippen LogP contribution in [0.2, 0.25) is 0 Å². The van der Waals surface area contributed by atoms with Crippen LogP contribution in [0.15, 0.2) is 12.1 Å². The molecule has 4 nitrogen and oxygen atoms in total. The second-order valence-corrected chi connectivity index (χ2v) is 14.6. The molecule has 0 aliphatic rings. The van der Waals surface area contributed by atoms with Crippen LogP contribution in [0.3, 0.4) is 0 Å². The topological polar surface area (TPSA) is 44.8 Å². The molecule has 5 heteroatoms. The first-order valence-electron chi connectivity index (χ1n) is 17.1. The van der Waals surface area contributed by atoms with Gasteiger partial charge in [-0.15, -0.1) is 0 Å². The molecule has 0 saturated heterocycles. The summed E-state index contributed by atoms with van der Waals surface area (Å²) in [5, 5.41) is -0.515. The minimum atomic E-state index is -0.515. The van der Waals surface area contributed by atoms with Gasteiger partial charge in [0.1, 0.15) is 0 Å². The predicted molar refractivity (Wildman–Crippen MR) is 181 cm³/mol. The molecule has 0 spiro atoms. The molecule has 1 aromatic carbocycles. The number of rotatable bonds is 25. The molecule has 0 aromatic heterocycles. The van der Waals surface area contributed by atoms with Crippen LogP contribution >= 0.6 is 11.6 Å². The van der Waals surface area contributed by atoms with E-state index in [0.29, 0.717) is 60.4 Å². The Morgan fingerprint density at radius 1 is 0.548 bits per heavy atom. The van der Waals surface area contributed by atoms with Crippen molar-refractivity contribution in [3.63, 3.8) is 0 Å². The highest BCUT2D eigenvalue weighted by molar-refractivity contribution is 6.67. The zero-order valence-electron chi connectivity index (χ0n) is 28.7. The molecule has 0 heterocycles.